The number of rotatable bonds is 5. The summed E-state index contributed by atoms with van der Waals surface area (Å²) < 4.78 is 5.34. The Morgan fingerprint density at radius 3 is 2.88 bits per heavy atom. The third-order valence-corrected chi connectivity index (χ3v) is 3.62. The van der Waals surface area contributed by atoms with Crippen molar-refractivity contribution in [3.8, 4) is 5.88 Å². The van der Waals surface area contributed by atoms with Crippen molar-refractivity contribution >= 4 is 27.5 Å². The number of hydrogen-bond donors (Lipinski definition) is 1. The number of nitrogens with one attached hydrogen (secondary N) is 1. The molecule has 1 N–H and O–H groups in total. The fraction of sp³-hybridized carbons (Fsp3) is 0.500. The number of alkyl halides is 1. The van der Waals surface area contributed by atoms with Crippen molar-refractivity contribution in [3.05, 3.63) is 18.3 Å². The number of halogens is 1. The summed E-state index contributed by atoms with van der Waals surface area (Å²) in [6, 6.07) is 3.53. The van der Waals surface area contributed by atoms with E-state index >= 15 is 0 Å². The summed E-state index contributed by atoms with van der Waals surface area (Å²) in [5.74, 6) is 0.586. The van der Waals surface area contributed by atoms with E-state index < -0.39 is 0 Å². The van der Waals surface area contributed by atoms with Gasteiger partial charge in [-0.3, -0.25) is 4.79 Å². The second-order valence-corrected chi connectivity index (χ2v) is 4.91. The summed E-state index contributed by atoms with van der Waals surface area (Å²) in [5.41, 5.74) is 0.601. The summed E-state index contributed by atoms with van der Waals surface area (Å²) in [5, 5.41) is 2.80. The van der Waals surface area contributed by atoms with Gasteiger partial charge in [0.25, 0.3) is 0 Å². The quantitative estimate of drug-likeness (QED) is 0.851. The lowest BCUT2D eigenvalue weighted by atomic mass is 10.1. The zero-order valence-corrected chi connectivity index (χ0v) is 11.8. The van der Waals surface area contributed by atoms with E-state index in [0.717, 1.165) is 0 Å². The van der Waals surface area contributed by atoms with Crippen LogP contribution in [0.15, 0.2) is 18.3 Å². The Labute approximate surface area is 110 Å². The molecular formula is C12H17BrN2O2. The van der Waals surface area contributed by atoms with Gasteiger partial charge in [0.1, 0.15) is 5.69 Å². The molecule has 1 atom stereocenters. The van der Waals surface area contributed by atoms with Crippen LogP contribution in [0, 0.1) is 5.92 Å². The number of aromatic nitrogens is 1. The van der Waals surface area contributed by atoms with Gasteiger partial charge in [-0.1, -0.05) is 29.8 Å². The average molecular weight is 301 g/mol. The van der Waals surface area contributed by atoms with Gasteiger partial charge in [0.05, 0.1) is 11.4 Å². The van der Waals surface area contributed by atoms with Crippen molar-refractivity contribution < 1.29 is 9.53 Å². The van der Waals surface area contributed by atoms with Crippen LogP contribution in [0.1, 0.15) is 20.8 Å². The summed E-state index contributed by atoms with van der Waals surface area (Å²) in [6.07, 6.45) is 1.63. The topological polar surface area (TPSA) is 51.2 Å². The van der Waals surface area contributed by atoms with Gasteiger partial charge in [0.2, 0.25) is 11.8 Å². The zero-order valence-electron chi connectivity index (χ0n) is 10.2. The van der Waals surface area contributed by atoms with Gasteiger partial charge in [-0.15, -0.1) is 0 Å². The van der Waals surface area contributed by atoms with Gasteiger partial charge in [-0.2, -0.15) is 0 Å². The van der Waals surface area contributed by atoms with E-state index in [0.29, 0.717) is 18.2 Å². The number of ether oxygens (including phenoxy) is 1. The van der Waals surface area contributed by atoms with Crippen molar-refractivity contribution in [1.82, 2.24) is 4.98 Å². The van der Waals surface area contributed by atoms with Crippen molar-refractivity contribution in [2.75, 3.05) is 11.9 Å². The zero-order chi connectivity index (χ0) is 12.8. The lowest BCUT2D eigenvalue weighted by Gasteiger charge is -2.15. The Hall–Kier alpha value is -1.10. The maximum Gasteiger partial charge on any atom is 0.238 e. The molecule has 4 nitrogen and oxygen atoms in total. The highest BCUT2D eigenvalue weighted by Crippen LogP contribution is 2.22. The smallest absolute Gasteiger partial charge is 0.238 e. The number of carbonyl (C=O) groups is 1. The van der Waals surface area contributed by atoms with Crippen LogP contribution in [0.25, 0.3) is 0 Å². The first-order valence-corrected chi connectivity index (χ1v) is 6.50. The maximum absolute atomic E-state index is 11.9. The predicted octanol–water partition coefficient (Wildman–Crippen LogP) is 2.84. The molecule has 0 aliphatic heterocycles. The predicted molar refractivity (Wildman–Crippen MR) is 71.6 cm³/mol. The Morgan fingerprint density at radius 1 is 1.59 bits per heavy atom. The van der Waals surface area contributed by atoms with Crippen LogP contribution in [-0.4, -0.2) is 22.3 Å². The molecule has 1 aromatic rings. The van der Waals surface area contributed by atoms with Gasteiger partial charge < -0.3 is 10.1 Å². The second-order valence-electron chi connectivity index (χ2n) is 3.92. The monoisotopic (exact) mass is 300 g/mol. The van der Waals surface area contributed by atoms with Crippen LogP contribution >= 0.6 is 15.9 Å². The molecule has 0 aromatic carbocycles. The van der Waals surface area contributed by atoms with E-state index in [1.165, 1.54) is 0 Å². The standard InChI is InChI=1S/C12H17BrN2O2/c1-4-17-12-9(6-5-7-14-12)15-11(16)10(13)8(2)3/h5-8,10H,4H2,1-3H3,(H,15,16). The lowest BCUT2D eigenvalue weighted by Crippen LogP contribution is -2.27. The minimum Gasteiger partial charge on any atom is -0.476 e. The highest BCUT2D eigenvalue weighted by atomic mass is 79.9. The minimum atomic E-state index is -0.225. The van der Waals surface area contributed by atoms with Crippen LogP contribution in [0.5, 0.6) is 5.88 Å². The Kier molecular flexibility index (Phi) is 5.41. The molecule has 1 rings (SSSR count). The molecule has 17 heavy (non-hydrogen) atoms. The molecule has 0 aliphatic rings. The Morgan fingerprint density at radius 2 is 2.29 bits per heavy atom. The molecule has 0 spiro atoms. The molecule has 0 radical (unpaired) electrons. The molecule has 0 fully saturated rings. The molecule has 1 unspecified atom stereocenters. The molecule has 0 aliphatic carbocycles. The molecule has 5 heteroatoms. The first kappa shape index (κ1) is 14.0. The van der Waals surface area contributed by atoms with Crippen molar-refractivity contribution in [1.29, 1.82) is 0 Å². The lowest BCUT2D eigenvalue weighted by molar-refractivity contribution is -0.116. The summed E-state index contributed by atoms with van der Waals surface area (Å²) in [6.45, 7) is 6.35. The fourth-order valence-electron chi connectivity index (χ4n) is 1.24. The molecule has 0 bridgehead atoms. The Bertz CT molecular complexity index is 383. The van der Waals surface area contributed by atoms with Gasteiger partial charge in [-0.25, -0.2) is 4.98 Å². The van der Waals surface area contributed by atoms with Crippen molar-refractivity contribution in [2.45, 2.75) is 25.6 Å². The average Bonchev–Trinajstić information content (AvgIpc) is 2.30. The van der Waals surface area contributed by atoms with Crippen LogP contribution in [0.3, 0.4) is 0 Å². The van der Waals surface area contributed by atoms with Gasteiger partial charge in [0, 0.05) is 6.20 Å². The second kappa shape index (κ2) is 6.59. The van der Waals surface area contributed by atoms with Crippen LogP contribution in [0.4, 0.5) is 5.69 Å². The largest absolute Gasteiger partial charge is 0.476 e. The summed E-state index contributed by atoms with van der Waals surface area (Å²) >= 11 is 3.36. The third kappa shape index (κ3) is 4.00. The normalized spacial score (nSPS) is 12.3. The van der Waals surface area contributed by atoms with E-state index in [1.54, 1.807) is 18.3 Å². The molecule has 0 saturated carbocycles. The minimum absolute atomic E-state index is 0.0889. The molecule has 1 amide bonds. The third-order valence-electron chi connectivity index (χ3n) is 2.15. The van der Waals surface area contributed by atoms with Crippen molar-refractivity contribution in [2.24, 2.45) is 5.92 Å². The Balaban J connectivity index is 2.77. The van der Waals surface area contributed by atoms with Crippen LogP contribution in [0.2, 0.25) is 0 Å². The van der Waals surface area contributed by atoms with Crippen LogP contribution in [-0.2, 0) is 4.79 Å². The van der Waals surface area contributed by atoms with Gasteiger partial charge in [-0.05, 0) is 25.0 Å². The highest BCUT2D eigenvalue weighted by Gasteiger charge is 2.19. The van der Waals surface area contributed by atoms with Crippen molar-refractivity contribution in [3.63, 3.8) is 0 Å². The summed E-state index contributed by atoms with van der Waals surface area (Å²) in [7, 11) is 0. The maximum atomic E-state index is 11.9. The SMILES string of the molecule is CCOc1ncccc1NC(=O)C(Br)C(C)C. The van der Waals surface area contributed by atoms with Crippen LogP contribution < -0.4 is 10.1 Å². The summed E-state index contributed by atoms with van der Waals surface area (Å²) in [4.78, 5) is 15.7. The molecule has 1 aromatic heterocycles. The molecule has 94 valence electrons. The van der Waals surface area contributed by atoms with E-state index in [2.05, 4.69) is 26.2 Å². The number of nitrogens with zero attached hydrogens (tertiary/aromatic N) is 1. The highest BCUT2D eigenvalue weighted by molar-refractivity contribution is 9.10. The first-order valence-electron chi connectivity index (χ1n) is 5.59. The molecule has 1 heterocycles. The fourth-order valence-corrected chi connectivity index (χ4v) is 1.36. The van der Waals surface area contributed by atoms with E-state index in [9.17, 15) is 4.79 Å². The number of hydrogen-bond acceptors (Lipinski definition) is 3. The first-order chi connectivity index (χ1) is 8.06. The molecular weight excluding hydrogens is 284 g/mol. The van der Waals surface area contributed by atoms with Gasteiger partial charge in [0.15, 0.2) is 0 Å². The molecule has 0 saturated heterocycles. The van der Waals surface area contributed by atoms with E-state index in [-0.39, 0.29) is 16.7 Å². The van der Waals surface area contributed by atoms with E-state index in [1.807, 2.05) is 20.8 Å². The van der Waals surface area contributed by atoms with E-state index in [4.69, 9.17) is 4.74 Å². The number of amides is 1. The number of pyridine rings is 1. The number of carbonyl (C=O) groups excluding carboxylic acids is 1. The number of anilines is 1. The van der Waals surface area contributed by atoms with Gasteiger partial charge >= 0.3 is 0 Å².